The van der Waals surface area contributed by atoms with Gasteiger partial charge in [-0.25, -0.2) is 0 Å². The van der Waals surface area contributed by atoms with Gasteiger partial charge in [0.15, 0.2) is 0 Å². The van der Waals surface area contributed by atoms with E-state index >= 15 is 0 Å². The third-order valence-corrected chi connectivity index (χ3v) is 5.03. The van der Waals surface area contributed by atoms with Gasteiger partial charge in [-0.3, -0.25) is 9.80 Å². The molecule has 0 aromatic heterocycles. The van der Waals surface area contributed by atoms with Crippen LogP contribution < -0.4 is 0 Å². The van der Waals surface area contributed by atoms with E-state index in [1.807, 2.05) is 11.8 Å². The number of rotatable bonds is 3. The fourth-order valence-corrected chi connectivity index (χ4v) is 4.00. The third-order valence-electron chi connectivity index (χ3n) is 4.21. The topological polar surface area (TPSA) is 6.48 Å². The van der Waals surface area contributed by atoms with Crippen molar-refractivity contribution >= 4 is 11.8 Å². The molecule has 0 aromatic carbocycles. The van der Waals surface area contributed by atoms with Crippen LogP contribution in [0.4, 0.5) is 0 Å². The Morgan fingerprint density at radius 2 is 2.12 bits per heavy atom. The van der Waals surface area contributed by atoms with Crippen LogP contribution in [0.15, 0.2) is 0 Å². The van der Waals surface area contributed by atoms with Gasteiger partial charge in [0.25, 0.3) is 0 Å². The summed E-state index contributed by atoms with van der Waals surface area (Å²) < 4.78 is 0. The molecule has 2 saturated heterocycles. The Labute approximate surface area is 105 Å². The van der Waals surface area contributed by atoms with E-state index in [0.717, 1.165) is 18.1 Å². The molecular formula is C13H26N2S. The fraction of sp³-hybridized carbons (Fsp3) is 1.00. The number of piperidine rings is 1. The molecule has 94 valence electrons. The summed E-state index contributed by atoms with van der Waals surface area (Å²) in [5.74, 6) is 1.27. The molecule has 2 aliphatic rings. The van der Waals surface area contributed by atoms with Crippen LogP contribution in [-0.2, 0) is 0 Å². The van der Waals surface area contributed by atoms with Crippen molar-refractivity contribution in [1.29, 1.82) is 0 Å². The highest BCUT2D eigenvalue weighted by Crippen LogP contribution is 2.25. The molecule has 0 aromatic rings. The lowest BCUT2D eigenvalue weighted by Gasteiger charge is -2.49. The summed E-state index contributed by atoms with van der Waals surface area (Å²) in [4.78, 5) is 5.47. The quantitative estimate of drug-likeness (QED) is 0.750. The second-order valence-electron chi connectivity index (χ2n) is 5.49. The summed E-state index contributed by atoms with van der Waals surface area (Å²) in [5, 5.41) is 0. The summed E-state index contributed by atoms with van der Waals surface area (Å²) >= 11 is 1.98. The number of hydrogen-bond acceptors (Lipinski definition) is 3. The van der Waals surface area contributed by atoms with Crippen molar-refractivity contribution in [2.45, 2.75) is 51.2 Å². The molecule has 16 heavy (non-hydrogen) atoms. The maximum Gasteiger partial charge on any atom is 0.0224 e. The minimum atomic E-state index is 0.745. The maximum absolute atomic E-state index is 2.74. The lowest BCUT2D eigenvalue weighted by Crippen LogP contribution is -2.60. The standard InChI is InChI=1S/C13H26N2S/c1-11-8-14-7-5-4-6-13(14)9-15(11)12(2)10-16-3/h11-13H,4-10H2,1-3H3. The molecule has 2 aliphatic heterocycles. The van der Waals surface area contributed by atoms with E-state index in [9.17, 15) is 0 Å². The summed E-state index contributed by atoms with van der Waals surface area (Å²) in [6.45, 7) is 8.75. The van der Waals surface area contributed by atoms with Gasteiger partial charge >= 0.3 is 0 Å². The van der Waals surface area contributed by atoms with E-state index < -0.39 is 0 Å². The van der Waals surface area contributed by atoms with Gasteiger partial charge in [0, 0.05) is 37.0 Å². The van der Waals surface area contributed by atoms with Gasteiger partial charge in [-0.1, -0.05) is 6.42 Å². The van der Waals surface area contributed by atoms with E-state index in [2.05, 4.69) is 29.9 Å². The van der Waals surface area contributed by atoms with Crippen LogP contribution in [0, 0.1) is 0 Å². The number of hydrogen-bond donors (Lipinski definition) is 0. The Bertz CT molecular complexity index is 222. The molecular weight excluding hydrogens is 216 g/mol. The van der Waals surface area contributed by atoms with Gasteiger partial charge in [-0.15, -0.1) is 0 Å². The average Bonchev–Trinajstić information content (AvgIpc) is 2.28. The van der Waals surface area contributed by atoms with Crippen molar-refractivity contribution in [2.24, 2.45) is 0 Å². The Balaban J connectivity index is 1.94. The van der Waals surface area contributed by atoms with Crippen molar-refractivity contribution in [2.75, 3.05) is 31.6 Å². The fourth-order valence-electron chi connectivity index (χ4n) is 3.33. The normalized spacial score (nSPS) is 34.7. The molecule has 2 fully saturated rings. The maximum atomic E-state index is 2.74. The molecule has 0 spiro atoms. The van der Waals surface area contributed by atoms with E-state index in [1.165, 1.54) is 44.6 Å². The third kappa shape index (κ3) is 2.74. The minimum absolute atomic E-state index is 0.745. The SMILES string of the molecule is CSCC(C)N1CC2CCCCN2CC1C. The van der Waals surface area contributed by atoms with Crippen LogP contribution in [0.5, 0.6) is 0 Å². The van der Waals surface area contributed by atoms with Crippen molar-refractivity contribution in [3.63, 3.8) is 0 Å². The van der Waals surface area contributed by atoms with Crippen molar-refractivity contribution < 1.29 is 0 Å². The van der Waals surface area contributed by atoms with Gasteiger partial charge in [0.2, 0.25) is 0 Å². The monoisotopic (exact) mass is 242 g/mol. The first-order valence-electron chi connectivity index (χ1n) is 6.71. The minimum Gasteiger partial charge on any atom is -0.298 e. The predicted octanol–water partition coefficient (Wildman–Crippen LogP) is 2.30. The number of thioether (sulfide) groups is 1. The van der Waals surface area contributed by atoms with Gasteiger partial charge in [0.1, 0.15) is 0 Å². The van der Waals surface area contributed by atoms with Crippen molar-refractivity contribution in [3.05, 3.63) is 0 Å². The van der Waals surface area contributed by atoms with Crippen LogP contribution >= 0.6 is 11.8 Å². The average molecular weight is 242 g/mol. The highest BCUT2D eigenvalue weighted by Gasteiger charge is 2.34. The molecule has 0 aliphatic carbocycles. The second-order valence-corrected chi connectivity index (χ2v) is 6.41. The highest BCUT2D eigenvalue weighted by molar-refractivity contribution is 7.98. The lowest BCUT2D eigenvalue weighted by atomic mass is 9.96. The Morgan fingerprint density at radius 3 is 2.88 bits per heavy atom. The van der Waals surface area contributed by atoms with Crippen LogP contribution in [0.1, 0.15) is 33.1 Å². The zero-order valence-electron chi connectivity index (χ0n) is 11.0. The van der Waals surface area contributed by atoms with Gasteiger partial charge < -0.3 is 0 Å². The van der Waals surface area contributed by atoms with Crippen LogP contribution in [-0.4, -0.2) is 59.6 Å². The summed E-state index contributed by atoms with van der Waals surface area (Å²) in [6.07, 6.45) is 6.51. The zero-order chi connectivity index (χ0) is 11.5. The molecule has 0 amide bonds. The summed E-state index contributed by atoms with van der Waals surface area (Å²) in [7, 11) is 0. The van der Waals surface area contributed by atoms with Crippen LogP contribution in [0.3, 0.4) is 0 Å². The lowest BCUT2D eigenvalue weighted by molar-refractivity contribution is 0.000719. The number of fused-ring (bicyclic) bond motifs is 1. The van der Waals surface area contributed by atoms with E-state index in [0.29, 0.717) is 0 Å². The Kier molecular flexibility index (Phi) is 4.57. The molecule has 3 atom stereocenters. The zero-order valence-corrected chi connectivity index (χ0v) is 11.8. The van der Waals surface area contributed by atoms with E-state index in [-0.39, 0.29) is 0 Å². The largest absolute Gasteiger partial charge is 0.298 e. The second kappa shape index (κ2) is 5.74. The first kappa shape index (κ1) is 12.7. The van der Waals surface area contributed by atoms with E-state index in [1.54, 1.807) is 0 Å². The number of nitrogens with zero attached hydrogens (tertiary/aromatic N) is 2. The molecule has 2 nitrogen and oxygen atoms in total. The van der Waals surface area contributed by atoms with E-state index in [4.69, 9.17) is 0 Å². The van der Waals surface area contributed by atoms with Gasteiger partial charge in [-0.2, -0.15) is 11.8 Å². The number of piperazine rings is 1. The van der Waals surface area contributed by atoms with Gasteiger partial charge in [-0.05, 0) is 39.5 Å². The Hall–Kier alpha value is 0.270. The van der Waals surface area contributed by atoms with Crippen LogP contribution in [0.25, 0.3) is 0 Å². The molecule has 3 heteroatoms. The Morgan fingerprint density at radius 1 is 1.31 bits per heavy atom. The molecule has 0 N–H and O–H groups in total. The smallest absolute Gasteiger partial charge is 0.0224 e. The first-order valence-corrected chi connectivity index (χ1v) is 8.10. The molecule has 3 unspecified atom stereocenters. The molecule has 2 rings (SSSR count). The molecule has 0 radical (unpaired) electrons. The summed E-state index contributed by atoms with van der Waals surface area (Å²) in [6, 6.07) is 2.35. The predicted molar refractivity (Wildman–Crippen MR) is 73.2 cm³/mol. The first-order chi connectivity index (χ1) is 7.72. The summed E-state index contributed by atoms with van der Waals surface area (Å²) in [5.41, 5.74) is 0. The highest BCUT2D eigenvalue weighted by atomic mass is 32.2. The van der Waals surface area contributed by atoms with Crippen LogP contribution in [0.2, 0.25) is 0 Å². The molecule has 0 saturated carbocycles. The van der Waals surface area contributed by atoms with Gasteiger partial charge in [0.05, 0.1) is 0 Å². The van der Waals surface area contributed by atoms with Crippen molar-refractivity contribution in [1.82, 2.24) is 9.80 Å². The molecule has 2 heterocycles. The molecule has 0 bridgehead atoms. The van der Waals surface area contributed by atoms with Crippen molar-refractivity contribution in [3.8, 4) is 0 Å².